The molecule has 1 aliphatic rings. The Kier molecular flexibility index (Phi) is 7.92. The smallest absolute Gasteiger partial charge is 0.257 e. The lowest BCUT2D eigenvalue weighted by Crippen LogP contribution is -2.46. The fourth-order valence-electron chi connectivity index (χ4n) is 3.07. The predicted molar refractivity (Wildman–Crippen MR) is 108 cm³/mol. The van der Waals surface area contributed by atoms with Crippen LogP contribution < -0.4 is 14.8 Å². The summed E-state index contributed by atoms with van der Waals surface area (Å²) in [5.41, 5.74) is 1.59. The van der Waals surface area contributed by atoms with Crippen LogP contribution in [0.3, 0.4) is 0 Å². The number of nitrogens with zero attached hydrogens (tertiary/aromatic N) is 2. The second-order valence-corrected chi connectivity index (χ2v) is 8.38. The Bertz CT molecular complexity index is 605. The number of hydrogen-bond acceptors (Lipinski definition) is 5. The van der Waals surface area contributed by atoms with E-state index in [2.05, 4.69) is 35.9 Å². The lowest BCUT2D eigenvalue weighted by Gasteiger charge is -2.36. The third-order valence-electron chi connectivity index (χ3n) is 4.91. The van der Waals surface area contributed by atoms with Crippen molar-refractivity contribution in [3.8, 4) is 11.5 Å². The van der Waals surface area contributed by atoms with Gasteiger partial charge in [0.25, 0.3) is 5.91 Å². The molecule has 1 aromatic rings. The van der Waals surface area contributed by atoms with E-state index in [1.165, 1.54) is 18.5 Å². The Morgan fingerprint density at radius 2 is 1.78 bits per heavy atom. The van der Waals surface area contributed by atoms with Crippen molar-refractivity contribution in [3.05, 3.63) is 23.8 Å². The van der Waals surface area contributed by atoms with Gasteiger partial charge in [0.1, 0.15) is 0 Å². The predicted octanol–water partition coefficient (Wildman–Crippen LogP) is 2.37. The van der Waals surface area contributed by atoms with Crippen LogP contribution in [-0.2, 0) is 11.3 Å². The molecule has 1 heterocycles. The highest BCUT2D eigenvalue weighted by Crippen LogP contribution is 2.28. The van der Waals surface area contributed by atoms with Crippen LogP contribution in [-0.4, -0.2) is 69.2 Å². The van der Waals surface area contributed by atoms with Gasteiger partial charge in [0.2, 0.25) is 0 Å². The summed E-state index contributed by atoms with van der Waals surface area (Å²) < 4.78 is 11.0. The maximum Gasteiger partial charge on any atom is 0.257 e. The van der Waals surface area contributed by atoms with Crippen LogP contribution in [0.1, 0.15) is 32.8 Å². The number of hydrogen-bond donors (Lipinski definition) is 1. The summed E-state index contributed by atoms with van der Waals surface area (Å²) in [5, 5.41) is 2.54. The van der Waals surface area contributed by atoms with Gasteiger partial charge in [0.15, 0.2) is 18.1 Å². The molecule has 0 radical (unpaired) electrons. The van der Waals surface area contributed by atoms with Gasteiger partial charge in [-0.15, -0.1) is 0 Å². The summed E-state index contributed by atoms with van der Waals surface area (Å²) in [6.45, 7) is 13.4. The molecule has 6 nitrogen and oxygen atoms in total. The van der Waals surface area contributed by atoms with Crippen molar-refractivity contribution in [2.45, 2.75) is 33.7 Å². The minimum atomic E-state index is -0.162. The monoisotopic (exact) mass is 377 g/mol. The van der Waals surface area contributed by atoms with Gasteiger partial charge < -0.3 is 19.7 Å². The molecule has 0 aliphatic carbocycles. The molecule has 1 fully saturated rings. The summed E-state index contributed by atoms with van der Waals surface area (Å²) in [6.07, 6.45) is 1.24. The summed E-state index contributed by atoms with van der Waals surface area (Å²) in [7, 11) is 3.22. The third kappa shape index (κ3) is 7.39. The van der Waals surface area contributed by atoms with Gasteiger partial charge in [-0.05, 0) is 36.1 Å². The largest absolute Gasteiger partial charge is 0.493 e. The number of nitrogens with one attached hydrogen (secondary N) is 1. The van der Waals surface area contributed by atoms with Gasteiger partial charge in [-0.2, -0.15) is 0 Å². The number of methoxy groups -OCH3 is 1. The molecule has 27 heavy (non-hydrogen) atoms. The highest BCUT2D eigenvalue weighted by atomic mass is 16.5. The highest BCUT2D eigenvalue weighted by molar-refractivity contribution is 5.77. The second kappa shape index (κ2) is 9.95. The first kappa shape index (κ1) is 21.5. The highest BCUT2D eigenvalue weighted by Gasteiger charge is 2.19. The quantitative estimate of drug-likeness (QED) is 0.754. The first-order chi connectivity index (χ1) is 12.8. The number of benzene rings is 1. The van der Waals surface area contributed by atoms with Gasteiger partial charge >= 0.3 is 0 Å². The molecule has 1 amide bonds. The van der Waals surface area contributed by atoms with E-state index >= 15 is 0 Å². The number of carbonyl (C=O) groups excluding carboxylic acids is 1. The van der Waals surface area contributed by atoms with Gasteiger partial charge in [0.05, 0.1) is 7.11 Å². The van der Waals surface area contributed by atoms with Crippen LogP contribution in [0.2, 0.25) is 0 Å². The zero-order valence-corrected chi connectivity index (χ0v) is 17.5. The Labute approximate surface area is 163 Å². The molecule has 1 saturated heterocycles. The lowest BCUT2D eigenvalue weighted by atomic mass is 9.92. The minimum Gasteiger partial charge on any atom is -0.493 e. The van der Waals surface area contributed by atoms with Crippen molar-refractivity contribution in [2.24, 2.45) is 5.41 Å². The van der Waals surface area contributed by atoms with Gasteiger partial charge in [0, 0.05) is 39.8 Å². The lowest BCUT2D eigenvalue weighted by molar-refractivity contribution is -0.122. The van der Waals surface area contributed by atoms with E-state index in [0.717, 1.165) is 32.7 Å². The van der Waals surface area contributed by atoms with Crippen LogP contribution in [0.5, 0.6) is 11.5 Å². The summed E-state index contributed by atoms with van der Waals surface area (Å²) >= 11 is 0. The molecule has 0 unspecified atom stereocenters. The third-order valence-corrected chi connectivity index (χ3v) is 4.91. The Morgan fingerprint density at radius 1 is 1.11 bits per heavy atom. The Hall–Kier alpha value is -1.79. The van der Waals surface area contributed by atoms with Crippen LogP contribution in [0.25, 0.3) is 0 Å². The molecular formula is C21H35N3O3. The molecule has 0 atom stereocenters. The number of ether oxygens (including phenoxy) is 2. The van der Waals surface area contributed by atoms with Crippen LogP contribution in [0.4, 0.5) is 0 Å². The average Bonchev–Trinajstić information content (AvgIpc) is 2.65. The van der Waals surface area contributed by atoms with Gasteiger partial charge in [-0.25, -0.2) is 0 Å². The molecule has 0 aromatic heterocycles. The summed E-state index contributed by atoms with van der Waals surface area (Å²) in [6, 6.07) is 5.94. The van der Waals surface area contributed by atoms with Crippen LogP contribution >= 0.6 is 0 Å². The molecular weight excluding hydrogens is 342 g/mol. The zero-order valence-electron chi connectivity index (χ0n) is 17.5. The van der Waals surface area contributed by atoms with Crippen molar-refractivity contribution < 1.29 is 14.3 Å². The molecule has 6 heteroatoms. The molecule has 1 N–H and O–H groups in total. The van der Waals surface area contributed by atoms with Crippen molar-refractivity contribution in [2.75, 3.05) is 53.5 Å². The molecule has 0 spiro atoms. The zero-order chi connectivity index (χ0) is 19.9. The number of carbonyl (C=O) groups is 1. The van der Waals surface area contributed by atoms with E-state index in [1.807, 2.05) is 18.2 Å². The molecule has 152 valence electrons. The van der Waals surface area contributed by atoms with E-state index in [1.54, 1.807) is 14.2 Å². The Balaban J connectivity index is 1.84. The van der Waals surface area contributed by atoms with Crippen molar-refractivity contribution >= 4 is 5.91 Å². The molecule has 0 bridgehead atoms. The molecule has 1 aliphatic heterocycles. The Morgan fingerprint density at radius 3 is 2.37 bits per heavy atom. The van der Waals surface area contributed by atoms with Gasteiger partial charge in [-0.1, -0.05) is 26.8 Å². The van der Waals surface area contributed by atoms with Crippen molar-refractivity contribution in [3.63, 3.8) is 0 Å². The molecule has 1 aromatic carbocycles. The van der Waals surface area contributed by atoms with E-state index in [4.69, 9.17) is 9.47 Å². The first-order valence-electron chi connectivity index (χ1n) is 9.76. The van der Waals surface area contributed by atoms with Crippen molar-refractivity contribution in [1.29, 1.82) is 0 Å². The maximum absolute atomic E-state index is 11.4. The number of likely N-dealkylation sites (N-methyl/N-ethyl adjacent to an activating group) is 1. The second-order valence-electron chi connectivity index (χ2n) is 8.38. The van der Waals surface area contributed by atoms with E-state index < -0.39 is 0 Å². The van der Waals surface area contributed by atoms with Crippen molar-refractivity contribution in [1.82, 2.24) is 15.1 Å². The standard InChI is InChI=1S/C21H35N3O3/c1-21(2,3)8-9-23-10-12-24(13-11-23)15-17-6-7-18(19(14-17)26-5)27-16-20(25)22-4/h6-7,14H,8-13,15-16H2,1-5H3,(H,22,25). The van der Waals surface area contributed by atoms with E-state index in [9.17, 15) is 4.79 Å². The number of amides is 1. The van der Waals surface area contributed by atoms with E-state index in [-0.39, 0.29) is 12.5 Å². The molecule has 2 rings (SSSR count). The van der Waals surface area contributed by atoms with Crippen LogP contribution in [0.15, 0.2) is 18.2 Å². The average molecular weight is 378 g/mol. The summed E-state index contributed by atoms with van der Waals surface area (Å²) in [5.74, 6) is 1.10. The SMILES string of the molecule is CNC(=O)COc1ccc(CN2CCN(CCC(C)(C)C)CC2)cc1OC. The minimum absolute atomic E-state index is 0.0112. The van der Waals surface area contributed by atoms with Gasteiger partial charge in [-0.3, -0.25) is 9.69 Å². The number of piperazine rings is 1. The van der Waals surface area contributed by atoms with Crippen LogP contribution in [0, 0.1) is 5.41 Å². The molecule has 0 saturated carbocycles. The van der Waals surface area contributed by atoms with E-state index in [0.29, 0.717) is 16.9 Å². The topological polar surface area (TPSA) is 54.0 Å². The fourth-order valence-corrected chi connectivity index (χ4v) is 3.07. The first-order valence-corrected chi connectivity index (χ1v) is 9.76. The number of rotatable bonds is 8. The normalized spacial score (nSPS) is 16.2. The summed E-state index contributed by atoms with van der Waals surface area (Å²) in [4.78, 5) is 16.4. The fraction of sp³-hybridized carbons (Fsp3) is 0.667. The maximum atomic E-state index is 11.4.